The smallest absolute Gasteiger partial charge is 0.238 e. The fourth-order valence-corrected chi connectivity index (χ4v) is 3.75. The van der Waals surface area contributed by atoms with E-state index in [4.69, 9.17) is 21.5 Å². The van der Waals surface area contributed by atoms with Gasteiger partial charge in [-0.25, -0.2) is 17.9 Å². The molecule has 0 atom stereocenters. The Labute approximate surface area is 181 Å². The van der Waals surface area contributed by atoms with Gasteiger partial charge in [0.2, 0.25) is 10.0 Å². The quantitative estimate of drug-likeness (QED) is 0.475. The molecule has 5 nitrogen and oxygen atoms in total. The number of hydrogen-bond acceptors (Lipinski definition) is 4. The lowest BCUT2D eigenvalue weighted by Gasteiger charge is -2.14. The van der Waals surface area contributed by atoms with Crippen LogP contribution in [0.25, 0.3) is 0 Å². The van der Waals surface area contributed by atoms with E-state index < -0.39 is 15.8 Å². The predicted molar refractivity (Wildman–Crippen MR) is 115 cm³/mol. The minimum Gasteiger partial charge on any atom is -0.488 e. The van der Waals surface area contributed by atoms with Crippen LogP contribution in [0.1, 0.15) is 11.1 Å². The Morgan fingerprint density at radius 3 is 2.48 bits per heavy atom. The Bertz CT molecular complexity index is 1100. The summed E-state index contributed by atoms with van der Waals surface area (Å²) in [6, 6.07) is 16.1. The summed E-state index contributed by atoms with van der Waals surface area (Å²) >= 11 is 9.48. The van der Waals surface area contributed by atoms with E-state index in [0.29, 0.717) is 23.0 Å². The van der Waals surface area contributed by atoms with Gasteiger partial charge in [-0.3, -0.25) is 0 Å². The minimum absolute atomic E-state index is 0.0107. The van der Waals surface area contributed by atoms with Crippen LogP contribution in [-0.2, 0) is 23.2 Å². The van der Waals surface area contributed by atoms with E-state index in [1.807, 2.05) is 12.1 Å². The summed E-state index contributed by atoms with van der Waals surface area (Å²) < 4.78 is 43.3. The molecule has 3 N–H and O–H groups in total. The van der Waals surface area contributed by atoms with Crippen LogP contribution in [0.2, 0.25) is 5.02 Å². The number of primary sulfonamides is 1. The first-order valence-corrected chi connectivity index (χ1v) is 11.2. The molecule has 0 saturated heterocycles. The number of anilines is 1. The van der Waals surface area contributed by atoms with Crippen molar-refractivity contribution in [2.24, 2.45) is 5.14 Å². The van der Waals surface area contributed by atoms with Gasteiger partial charge >= 0.3 is 0 Å². The Kier molecular flexibility index (Phi) is 6.79. The minimum atomic E-state index is -3.74. The zero-order chi connectivity index (χ0) is 21.0. The fraction of sp³-hybridized carbons (Fsp3) is 0.100. The second kappa shape index (κ2) is 9.13. The number of halogens is 3. The summed E-state index contributed by atoms with van der Waals surface area (Å²) in [5, 5.41) is 8.60. The highest BCUT2D eigenvalue weighted by atomic mass is 79.9. The van der Waals surface area contributed by atoms with E-state index >= 15 is 0 Å². The topological polar surface area (TPSA) is 81.4 Å². The van der Waals surface area contributed by atoms with Crippen LogP contribution in [0, 0.1) is 5.82 Å². The van der Waals surface area contributed by atoms with Crippen molar-refractivity contribution in [2.75, 3.05) is 5.32 Å². The molecule has 0 aromatic heterocycles. The van der Waals surface area contributed by atoms with E-state index in [9.17, 15) is 12.8 Å². The average Bonchev–Trinajstić information content (AvgIpc) is 2.67. The van der Waals surface area contributed by atoms with Gasteiger partial charge in [0.05, 0.1) is 9.92 Å². The van der Waals surface area contributed by atoms with Crippen LogP contribution in [0.5, 0.6) is 5.75 Å². The third kappa shape index (κ3) is 5.70. The monoisotopic (exact) mass is 498 g/mol. The summed E-state index contributed by atoms with van der Waals surface area (Å²) in [7, 11) is -3.74. The van der Waals surface area contributed by atoms with Gasteiger partial charge in [0.15, 0.2) is 0 Å². The Morgan fingerprint density at radius 1 is 1.10 bits per heavy atom. The molecule has 0 heterocycles. The van der Waals surface area contributed by atoms with Crippen LogP contribution < -0.4 is 15.2 Å². The van der Waals surface area contributed by atoms with Crippen LogP contribution in [0.15, 0.2) is 70.0 Å². The SMILES string of the molecule is NS(=O)(=O)c1ccc(NCc2cc(Br)ccc2OCc2c(F)cccc2Cl)cc1. The number of benzene rings is 3. The standard InChI is InChI=1S/C20H17BrClFN2O3S/c21-14-4-9-20(28-12-17-18(22)2-1-3-19(17)23)13(10-14)11-25-15-5-7-16(8-6-15)29(24,26)27/h1-10,25H,11-12H2,(H2,24,26,27). The molecule has 3 aromatic carbocycles. The van der Waals surface area contributed by atoms with Crippen molar-refractivity contribution >= 4 is 43.2 Å². The Morgan fingerprint density at radius 2 is 1.83 bits per heavy atom. The number of sulfonamides is 1. The first-order chi connectivity index (χ1) is 13.7. The molecule has 0 amide bonds. The molecule has 152 valence electrons. The summed E-state index contributed by atoms with van der Waals surface area (Å²) in [5.41, 5.74) is 1.82. The van der Waals surface area contributed by atoms with Gasteiger partial charge in [0.25, 0.3) is 0 Å². The zero-order valence-electron chi connectivity index (χ0n) is 15.0. The van der Waals surface area contributed by atoms with Crippen LogP contribution in [0.4, 0.5) is 10.1 Å². The molecule has 9 heteroatoms. The lowest BCUT2D eigenvalue weighted by Crippen LogP contribution is -2.12. The van der Waals surface area contributed by atoms with Crippen molar-refractivity contribution in [3.8, 4) is 5.75 Å². The van der Waals surface area contributed by atoms with Crippen molar-refractivity contribution in [3.63, 3.8) is 0 Å². The molecule has 29 heavy (non-hydrogen) atoms. The third-order valence-corrected chi connectivity index (χ3v) is 5.90. The van der Waals surface area contributed by atoms with Gasteiger partial charge in [-0.05, 0) is 54.6 Å². The summed E-state index contributed by atoms with van der Waals surface area (Å²) in [6.45, 7) is 0.387. The van der Waals surface area contributed by atoms with E-state index in [0.717, 1.165) is 10.0 Å². The maximum atomic E-state index is 14.0. The summed E-state index contributed by atoms with van der Waals surface area (Å²) in [4.78, 5) is 0.0382. The molecule has 0 bridgehead atoms. The lowest BCUT2D eigenvalue weighted by atomic mass is 10.2. The average molecular weight is 500 g/mol. The highest BCUT2D eigenvalue weighted by Crippen LogP contribution is 2.27. The number of nitrogens with two attached hydrogens (primary N) is 1. The molecule has 0 saturated carbocycles. The second-order valence-electron chi connectivity index (χ2n) is 6.16. The highest BCUT2D eigenvalue weighted by molar-refractivity contribution is 9.10. The van der Waals surface area contributed by atoms with E-state index in [1.54, 1.807) is 24.3 Å². The molecule has 0 aliphatic rings. The molecule has 0 aliphatic carbocycles. The molecule has 0 radical (unpaired) electrons. The third-order valence-electron chi connectivity index (χ3n) is 4.12. The van der Waals surface area contributed by atoms with Crippen molar-refractivity contribution < 1.29 is 17.5 Å². The number of ether oxygens (including phenoxy) is 1. The van der Waals surface area contributed by atoms with Gasteiger partial charge in [0.1, 0.15) is 18.2 Å². The fourth-order valence-electron chi connectivity index (χ4n) is 2.61. The maximum Gasteiger partial charge on any atom is 0.238 e. The molecule has 0 unspecified atom stereocenters. The Hall–Kier alpha value is -2.13. The molecule has 3 aromatic rings. The summed E-state index contributed by atoms with van der Waals surface area (Å²) in [6.07, 6.45) is 0. The first-order valence-electron chi connectivity index (χ1n) is 8.45. The van der Waals surface area contributed by atoms with Gasteiger partial charge < -0.3 is 10.1 Å². The second-order valence-corrected chi connectivity index (χ2v) is 9.05. The van der Waals surface area contributed by atoms with E-state index in [1.165, 1.54) is 24.3 Å². The van der Waals surface area contributed by atoms with Crippen molar-refractivity contribution in [3.05, 3.63) is 87.1 Å². The molecule has 3 rings (SSSR count). The predicted octanol–water partition coefficient (Wildman–Crippen LogP) is 5.08. The van der Waals surface area contributed by atoms with Gasteiger partial charge in [0, 0.05) is 27.8 Å². The molecular formula is C20H17BrClFN2O3S. The lowest BCUT2D eigenvalue weighted by molar-refractivity contribution is 0.297. The number of nitrogens with one attached hydrogen (secondary N) is 1. The zero-order valence-corrected chi connectivity index (χ0v) is 18.2. The van der Waals surface area contributed by atoms with Crippen molar-refractivity contribution in [2.45, 2.75) is 18.0 Å². The first kappa shape index (κ1) is 21.6. The van der Waals surface area contributed by atoms with Gasteiger partial charge in [-0.15, -0.1) is 0 Å². The van der Waals surface area contributed by atoms with E-state index in [-0.39, 0.29) is 17.1 Å². The summed E-state index contributed by atoms with van der Waals surface area (Å²) in [5.74, 6) is 0.144. The van der Waals surface area contributed by atoms with Crippen molar-refractivity contribution in [1.82, 2.24) is 0 Å². The van der Waals surface area contributed by atoms with Crippen LogP contribution in [0.3, 0.4) is 0 Å². The normalized spacial score (nSPS) is 11.3. The van der Waals surface area contributed by atoms with Crippen molar-refractivity contribution in [1.29, 1.82) is 0 Å². The van der Waals surface area contributed by atoms with E-state index in [2.05, 4.69) is 21.2 Å². The highest BCUT2D eigenvalue weighted by Gasteiger charge is 2.11. The molecular weight excluding hydrogens is 483 g/mol. The van der Waals surface area contributed by atoms with Gasteiger partial charge in [-0.1, -0.05) is 33.6 Å². The van der Waals surface area contributed by atoms with Crippen LogP contribution in [-0.4, -0.2) is 8.42 Å². The van der Waals surface area contributed by atoms with Crippen LogP contribution >= 0.6 is 27.5 Å². The Balaban J connectivity index is 1.73. The number of rotatable bonds is 7. The maximum absolute atomic E-state index is 14.0. The molecule has 0 aliphatic heterocycles. The molecule has 0 fully saturated rings. The molecule has 0 spiro atoms. The number of hydrogen-bond donors (Lipinski definition) is 2. The van der Waals surface area contributed by atoms with Gasteiger partial charge in [-0.2, -0.15) is 0 Å². The largest absolute Gasteiger partial charge is 0.488 e.